The van der Waals surface area contributed by atoms with E-state index in [1.807, 2.05) is 24.3 Å². The quantitative estimate of drug-likeness (QED) is 0.922. The number of anilines is 1. The maximum absolute atomic E-state index is 12.7. The molecule has 2 aromatic rings. The lowest BCUT2D eigenvalue weighted by molar-refractivity contribution is -0.123. The van der Waals surface area contributed by atoms with Crippen molar-refractivity contribution in [1.82, 2.24) is 14.8 Å². The van der Waals surface area contributed by atoms with E-state index in [0.29, 0.717) is 12.4 Å². The number of ether oxygens (including phenoxy) is 1. The summed E-state index contributed by atoms with van der Waals surface area (Å²) >= 11 is 0. The van der Waals surface area contributed by atoms with E-state index >= 15 is 0 Å². The van der Waals surface area contributed by atoms with Gasteiger partial charge in [0.25, 0.3) is 0 Å². The first-order valence-corrected chi connectivity index (χ1v) is 7.72. The first-order chi connectivity index (χ1) is 11.2. The molecule has 2 heterocycles. The summed E-state index contributed by atoms with van der Waals surface area (Å²) in [5, 5.41) is 7.60. The Labute approximate surface area is 134 Å². The van der Waals surface area contributed by atoms with Crippen molar-refractivity contribution in [2.45, 2.75) is 19.4 Å². The van der Waals surface area contributed by atoms with Crippen LogP contribution in [0.1, 0.15) is 24.9 Å². The molecule has 0 bridgehead atoms. The van der Waals surface area contributed by atoms with Gasteiger partial charge in [-0.1, -0.05) is 25.1 Å². The number of ketones is 1. The van der Waals surface area contributed by atoms with Crippen LogP contribution in [0.3, 0.4) is 0 Å². The highest BCUT2D eigenvalue weighted by molar-refractivity contribution is 5.87. The molecule has 1 aromatic heterocycles. The number of nitrogens with zero attached hydrogens (tertiary/aromatic N) is 3. The van der Waals surface area contributed by atoms with E-state index in [4.69, 9.17) is 4.74 Å². The van der Waals surface area contributed by atoms with Gasteiger partial charge in [-0.05, 0) is 23.6 Å². The van der Waals surface area contributed by atoms with E-state index in [-0.39, 0.29) is 23.7 Å². The highest BCUT2D eigenvalue weighted by Crippen LogP contribution is 2.42. The number of carbonyl (C=O) groups excluding carboxylic acids is 1. The molecule has 6 heteroatoms. The summed E-state index contributed by atoms with van der Waals surface area (Å²) in [6, 6.07) is 7.62. The molecule has 1 aliphatic heterocycles. The molecule has 4 rings (SSSR count). The Hall–Kier alpha value is -2.63. The topological polar surface area (TPSA) is 69.0 Å². The van der Waals surface area contributed by atoms with Gasteiger partial charge < -0.3 is 10.1 Å². The second-order valence-corrected chi connectivity index (χ2v) is 6.12. The van der Waals surface area contributed by atoms with Crippen LogP contribution in [0.25, 0.3) is 0 Å². The van der Waals surface area contributed by atoms with E-state index < -0.39 is 0 Å². The minimum absolute atomic E-state index is 0.175. The summed E-state index contributed by atoms with van der Waals surface area (Å²) in [5.74, 6) is 1.71. The Balaban J connectivity index is 1.84. The number of hydrogen-bond acceptors (Lipinski definition) is 5. The van der Waals surface area contributed by atoms with Crippen molar-refractivity contribution in [2.75, 3.05) is 12.4 Å². The van der Waals surface area contributed by atoms with Crippen LogP contribution in [0.2, 0.25) is 0 Å². The molecule has 0 amide bonds. The van der Waals surface area contributed by atoms with Gasteiger partial charge in [0.05, 0.1) is 19.1 Å². The molecule has 3 atom stereocenters. The summed E-state index contributed by atoms with van der Waals surface area (Å²) in [5.41, 5.74) is 1.97. The Kier molecular flexibility index (Phi) is 3.18. The van der Waals surface area contributed by atoms with Crippen LogP contribution in [-0.4, -0.2) is 27.7 Å². The molecule has 0 spiro atoms. The average molecular weight is 310 g/mol. The van der Waals surface area contributed by atoms with Crippen molar-refractivity contribution in [3.8, 4) is 5.75 Å². The van der Waals surface area contributed by atoms with Gasteiger partial charge in [-0.15, -0.1) is 0 Å². The first kappa shape index (κ1) is 14.0. The molecule has 1 aromatic carbocycles. The number of nitrogens with one attached hydrogen (secondary N) is 1. The molecular weight excluding hydrogens is 292 g/mol. The maximum Gasteiger partial charge on any atom is 0.226 e. The number of allylic oxidation sites excluding steroid dienone is 2. The SMILES string of the molecule is COc1ccc([C@H]2[C@@H]3C(=O)C[C@@H](C)C=C3Nc3ncnn32)cc1. The van der Waals surface area contributed by atoms with Crippen molar-refractivity contribution in [3.63, 3.8) is 0 Å². The Morgan fingerprint density at radius 2 is 2.09 bits per heavy atom. The van der Waals surface area contributed by atoms with Gasteiger partial charge in [0.2, 0.25) is 5.95 Å². The molecule has 2 aliphatic rings. The largest absolute Gasteiger partial charge is 0.497 e. The van der Waals surface area contributed by atoms with Gasteiger partial charge in [0.1, 0.15) is 17.9 Å². The van der Waals surface area contributed by atoms with Crippen molar-refractivity contribution < 1.29 is 9.53 Å². The molecule has 0 fully saturated rings. The molecule has 1 aliphatic carbocycles. The van der Waals surface area contributed by atoms with Crippen molar-refractivity contribution >= 4 is 11.7 Å². The third-order valence-electron chi connectivity index (χ3n) is 4.53. The number of methoxy groups -OCH3 is 1. The standard InChI is InChI=1S/C17H18N4O2/c1-10-7-13-15(14(22)8-10)16(21-17(20-13)18-9-19-21)11-3-5-12(23-2)6-4-11/h3-7,9-10,15-16H,8H2,1-2H3,(H,18,19,20)/t10-,15-,16-/m0/s1. The number of rotatable bonds is 2. The van der Waals surface area contributed by atoms with Crippen LogP contribution in [0.15, 0.2) is 42.4 Å². The van der Waals surface area contributed by atoms with E-state index in [1.165, 1.54) is 6.33 Å². The van der Waals surface area contributed by atoms with Crippen LogP contribution < -0.4 is 10.1 Å². The summed E-state index contributed by atoms with van der Waals surface area (Å²) in [7, 11) is 1.64. The second kappa shape index (κ2) is 5.22. The lowest BCUT2D eigenvalue weighted by Crippen LogP contribution is -2.40. The fraction of sp³-hybridized carbons (Fsp3) is 0.353. The monoisotopic (exact) mass is 310 g/mol. The molecule has 1 N–H and O–H groups in total. The average Bonchev–Trinajstić information content (AvgIpc) is 3.00. The number of carbonyl (C=O) groups is 1. The highest BCUT2D eigenvalue weighted by Gasteiger charge is 2.42. The van der Waals surface area contributed by atoms with Gasteiger partial charge in [0, 0.05) is 12.1 Å². The predicted molar refractivity (Wildman–Crippen MR) is 85.1 cm³/mol. The van der Waals surface area contributed by atoms with Gasteiger partial charge in [-0.25, -0.2) is 4.68 Å². The van der Waals surface area contributed by atoms with Crippen molar-refractivity contribution in [1.29, 1.82) is 0 Å². The summed E-state index contributed by atoms with van der Waals surface area (Å²) < 4.78 is 7.03. The third kappa shape index (κ3) is 2.21. The van der Waals surface area contributed by atoms with Gasteiger partial charge in [-0.3, -0.25) is 4.79 Å². The van der Waals surface area contributed by atoms with Gasteiger partial charge >= 0.3 is 0 Å². The Bertz CT molecular complexity index is 778. The number of aromatic nitrogens is 3. The Morgan fingerprint density at radius 1 is 1.30 bits per heavy atom. The summed E-state index contributed by atoms with van der Waals surface area (Å²) in [4.78, 5) is 17.0. The van der Waals surface area contributed by atoms with Crippen LogP contribution in [0, 0.1) is 11.8 Å². The lowest BCUT2D eigenvalue weighted by atomic mass is 9.78. The molecule has 0 saturated carbocycles. The Morgan fingerprint density at radius 3 is 2.83 bits per heavy atom. The van der Waals surface area contributed by atoms with E-state index in [1.54, 1.807) is 11.8 Å². The fourth-order valence-electron chi connectivity index (χ4n) is 3.50. The number of Topliss-reactive ketones (excluding diaryl/α,β-unsaturated/α-hetero) is 1. The predicted octanol–water partition coefficient (Wildman–Crippen LogP) is 2.41. The zero-order valence-electron chi connectivity index (χ0n) is 13.1. The second-order valence-electron chi connectivity index (χ2n) is 6.12. The van der Waals surface area contributed by atoms with Crippen LogP contribution in [0.4, 0.5) is 5.95 Å². The minimum Gasteiger partial charge on any atom is -0.497 e. The lowest BCUT2D eigenvalue weighted by Gasteiger charge is -2.37. The summed E-state index contributed by atoms with van der Waals surface area (Å²) in [6.45, 7) is 2.06. The smallest absolute Gasteiger partial charge is 0.226 e. The maximum atomic E-state index is 12.7. The van der Waals surface area contributed by atoms with Crippen molar-refractivity contribution in [2.24, 2.45) is 11.8 Å². The molecule has 118 valence electrons. The molecule has 0 saturated heterocycles. The zero-order chi connectivity index (χ0) is 16.0. The first-order valence-electron chi connectivity index (χ1n) is 7.72. The molecule has 6 nitrogen and oxygen atoms in total. The highest BCUT2D eigenvalue weighted by atomic mass is 16.5. The van der Waals surface area contributed by atoms with Crippen LogP contribution in [-0.2, 0) is 4.79 Å². The van der Waals surface area contributed by atoms with Crippen LogP contribution in [0.5, 0.6) is 5.75 Å². The third-order valence-corrected chi connectivity index (χ3v) is 4.53. The number of benzene rings is 1. The normalized spacial score (nSPS) is 25.9. The summed E-state index contributed by atoms with van der Waals surface area (Å²) in [6.07, 6.45) is 4.22. The molecule has 0 unspecified atom stereocenters. The van der Waals surface area contributed by atoms with Crippen LogP contribution >= 0.6 is 0 Å². The van der Waals surface area contributed by atoms with Crippen molar-refractivity contribution in [3.05, 3.63) is 47.9 Å². The number of fused-ring (bicyclic) bond motifs is 2. The van der Waals surface area contributed by atoms with E-state index in [0.717, 1.165) is 17.0 Å². The van der Waals surface area contributed by atoms with Gasteiger partial charge in [0.15, 0.2) is 0 Å². The fourth-order valence-corrected chi connectivity index (χ4v) is 3.50. The molecule has 23 heavy (non-hydrogen) atoms. The number of hydrogen-bond donors (Lipinski definition) is 1. The zero-order valence-corrected chi connectivity index (χ0v) is 13.1. The van der Waals surface area contributed by atoms with Gasteiger partial charge in [-0.2, -0.15) is 10.1 Å². The minimum atomic E-state index is -0.242. The molecular formula is C17H18N4O2. The molecule has 0 radical (unpaired) electrons. The van der Waals surface area contributed by atoms with E-state index in [2.05, 4.69) is 28.4 Å². The van der Waals surface area contributed by atoms with E-state index in [9.17, 15) is 4.79 Å².